The Bertz CT molecular complexity index is 1210. The number of ketones is 1. The second-order valence-corrected chi connectivity index (χ2v) is 9.93. The molecule has 1 fully saturated rings. The van der Waals surface area contributed by atoms with E-state index in [1.54, 1.807) is 19.2 Å². The molecular formula is C29H36ClN3O2. The Hall–Kier alpha value is -2.63. The summed E-state index contributed by atoms with van der Waals surface area (Å²) in [6.45, 7) is 10.2. The van der Waals surface area contributed by atoms with Crippen molar-refractivity contribution in [1.29, 1.82) is 0 Å². The van der Waals surface area contributed by atoms with Gasteiger partial charge in [0.2, 0.25) is 0 Å². The Morgan fingerprint density at radius 1 is 1.09 bits per heavy atom. The highest BCUT2D eigenvalue weighted by Crippen LogP contribution is 2.37. The molecule has 0 aliphatic heterocycles. The molecule has 0 radical (unpaired) electrons. The number of Topliss-reactive ketones (excluding diaryl/α,β-unsaturated/α-hetero) is 1. The van der Waals surface area contributed by atoms with Crippen LogP contribution in [0.1, 0.15) is 69.3 Å². The number of aromatic hydroxyl groups is 1. The number of benzene rings is 2. The first-order valence-corrected chi connectivity index (χ1v) is 13.2. The number of rotatable bonds is 8. The van der Waals surface area contributed by atoms with E-state index in [1.807, 2.05) is 25.1 Å². The van der Waals surface area contributed by atoms with Gasteiger partial charge in [0.1, 0.15) is 5.75 Å². The number of anilines is 1. The molecule has 0 atom stereocenters. The first kappa shape index (κ1) is 25.5. The van der Waals surface area contributed by atoms with Crippen LogP contribution in [0.25, 0.3) is 22.0 Å². The maximum absolute atomic E-state index is 12.6. The van der Waals surface area contributed by atoms with Gasteiger partial charge in [-0.1, -0.05) is 38.4 Å². The van der Waals surface area contributed by atoms with Gasteiger partial charge in [0.25, 0.3) is 0 Å². The Morgan fingerprint density at radius 2 is 1.80 bits per heavy atom. The number of carbonyl (C=O) groups excluding carboxylic acids is 1. The molecule has 2 N–H and O–H groups in total. The number of phenolic OH excluding ortho intramolecular Hbond substituents is 1. The van der Waals surface area contributed by atoms with Gasteiger partial charge in [-0.05, 0) is 93.1 Å². The molecule has 0 saturated heterocycles. The summed E-state index contributed by atoms with van der Waals surface area (Å²) in [6.07, 6.45) is 6.86. The van der Waals surface area contributed by atoms with Gasteiger partial charge in [-0.15, -0.1) is 0 Å². The summed E-state index contributed by atoms with van der Waals surface area (Å²) < 4.78 is 0. The monoisotopic (exact) mass is 493 g/mol. The number of fused-ring (bicyclic) bond motifs is 1. The Kier molecular flexibility index (Phi) is 7.98. The average molecular weight is 494 g/mol. The predicted octanol–water partition coefficient (Wildman–Crippen LogP) is 7.09. The molecule has 1 aliphatic rings. The zero-order valence-corrected chi connectivity index (χ0v) is 22.0. The highest BCUT2D eigenvalue weighted by Gasteiger charge is 2.26. The van der Waals surface area contributed by atoms with Crippen LogP contribution < -0.4 is 5.32 Å². The number of aryl methyl sites for hydroxylation is 1. The third-order valence-electron chi connectivity index (χ3n) is 7.48. The summed E-state index contributed by atoms with van der Waals surface area (Å²) in [6, 6.07) is 10.8. The lowest BCUT2D eigenvalue weighted by atomic mass is 9.89. The third kappa shape index (κ3) is 5.31. The van der Waals surface area contributed by atoms with Crippen LogP contribution in [0.2, 0.25) is 5.02 Å². The van der Waals surface area contributed by atoms with Gasteiger partial charge in [0.15, 0.2) is 5.78 Å². The molecule has 6 heteroatoms. The number of carbonyl (C=O) groups is 1. The lowest BCUT2D eigenvalue weighted by molar-refractivity contribution is 0.101. The van der Waals surface area contributed by atoms with Gasteiger partial charge in [-0.25, -0.2) is 0 Å². The van der Waals surface area contributed by atoms with Crippen molar-refractivity contribution in [2.24, 2.45) is 0 Å². The molecule has 5 nitrogen and oxygen atoms in total. The predicted molar refractivity (Wildman–Crippen MR) is 146 cm³/mol. The number of pyridine rings is 1. The van der Waals surface area contributed by atoms with Crippen molar-refractivity contribution in [1.82, 2.24) is 9.88 Å². The first-order valence-electron chi connectivity index (χ1n) is 12.8. The smallest absolute Gasteiger partial charge is 0.163 e. The molecule has 1 aromatic heterocycles. The zero-order valence-electron chi connectivity index (χ0n) is 21.2. The SMILES string of the molecule is CCc1cc(-c2ccc3ncc(C(C)=O)c(NC4CCC(N(CC)CC)CC4)c3c2)cc(Cl)c1O. The highest BCUT2D eigenvalue weighted by atomic mass is 35.5. The van der Waals surface area contributed by atoms with Gasteiger partial charge >= 0.3 is 0 Å². The number of nitrogens with zero attached hydrogens (tertiary/aromatic N) is 2. The van der Waals surface area contributed by atoms with Crippen LogP contribution in [0.5, 0.6) is 5.75 Å². The Labute approximate surface area is 213 Å². The van der Waals surface area contributed by atoms with Crippen molar-refractivity contribution in [3.63, 3.8) is 0 Å². The van der Waals surface area contributed by atoms with Crippen molar-refractivity contribution in [2.75, 3.05) is 18.4 Å². The van der Waals surface area contributed by atoms with E-state index >= 15 is 0 Å². The fourth-order valence-corrected chi connectivity index (χ4v) is 5.66. The van der Waals surface area contributed by atoms with E-state index < -0.39 is 0 Å². The molecule has 0 bridgehead atoms. The lowest BCUT2D eigenvalue weighted by Gasteiger charge is -2.36. The summed E-state index contributed by atoms with van der Waals surface area (Å²) in [5.41, 5.74) is 5.07. The lowest BCUT2D eigenvalue weighted by Crippen LogP contribution is -2.40. The zero-order chi connectivity index (χ0) is 25.1. The quantitative estimate of drug-likeness (QED) is 0.328. The Morgan fingerprint density at radius 3 is 2.43 bits per heavy atom. The van der Waals surface area contributed by atoms with E-state index in [-0.39, 0.29) is 11.5 Å². The van der Waals surface area contributed by atoms with Crippen LogP contribution in [0.3, 0.4) is 0 Å². The second kappa shape index (κ2) is 11.0. The van der Waals surface area contributed by atoms with E-state index in [2.05, 4.69) is 35.1 Å². The largest absolute Gasteiger partial charge is 0.506 e. The van der Waals surface area contributed by atoms with E-state index in [1.165, 1.54) is 0 Å². The summed E-state index contributed by atoms with van der Waals surface area (Å²) in [4.78, 5) is 19.7. The molecule has 35 heavy (non-hydrogen) atoms. The highest BCUT2D eigenvalue weighted by molar-refractivity contribution is 6.32. The fourth-order valence-electron chi connectivity index (χ4n) is 5.42. The maximum atomic E-state index is 12.6. The minimum absolute atomic E-state index is 0.00470. The summed E-state index contributed by atoms with van der Waals surface area (Å²) in [5.74, 6) is 0.145. The fraction of sp³-hybridized carbons (Fsp3) is 0.448. The van der Waals surface area contributed by atoms with Crippen molar-refractivity contribution in [2.45, 2.75) is 71.9 Å². The maximum Gasteiger partial charge on any atom is 0.163 e. The first-order chi connectivity index (χ1) is 16.9. The van der Waals surface area contributed by atoms with E-state index in [9.17, 15) is 9.90 Å². The molecule has 0 unspecified atom stereocenters. The van der Waals surface area contributed by atoms with Crippen LogP contribution in [0.4, 0.5) is 5.69 Å². The number of hydrogen-bond donors (Lipinski definition) is 2. The average Bonchev–Trinajstić information content (AvgIpc) is 2.87. The van der Waals surface area contributed by atoms with Crippen molar-refractivity contribution >= 4 is 34.0 Å². The van der Waals surface area contributed by atoms with Gasteiger partial charge in [0, 0.05) is 23.7 Å². The van der Waals surface area contributed by atoms with Gasteiger partial charge in [0.05, 0.1) is 21.8 Å². The minimum Gasteiger partial charge on any atom is -0.506 e. The Balaban J connectivity index is 1.70. The summed E-state index contributed by atoms with van der Waals surface area (Å²) in [5, 5.41) is 15.3. The number of phenols is 1. The molecule has 1 aliphatic carbocycles. The van der Waals surface area contributed by atoms with E-state index in [0.29, 0.717) is 29.1 Å². The molecule has 186 valence electrons. The molecule has 0 spiro atoms. The van der Waals surface area contributed by atoms with Crippen molar-refractivity contribution in [3.05, 3.63) is 52.7 Å². The van der Waals surface area contributed by atoms with Crippen molar-refractivity contribution < 1.29 is 9.90 Å². The van der Waals surface area contributed by atoms with Crippen molar-refractivity contribution in [3.8, 4) is 16.9 Å². The normalized spacial score (nSPS) is 18.2. The van der Waals surface area contributed by atoms with Gasteiger partial charge in [-0.3, -0.25) is 9.78 Å². The molecule has 3 aromatic rings. The summed E-state index contributed by atoms with van der Waals surface area (Å²) in [7, 11) is 0. The van der Waals surface area contributed by atoms with Crippen LogP contribution in [-0.4, -0.2) is 45.9 Å². The molecule has 1 heterocycles. The second-order valence-electron chi connectivity index (χ2n) is 9.53. The van der Waals surface area contributed by atoms with E-state index in [0.717, 1.165) is 72.1 Å². The minimum atomic E-state index is 0.00470. The van der Waals surface area contributed by atoms with Crippen LogP contribution in [-0.2, 0) is 6.42 Å². The van der Waals surface area contributed by atoms with E-state index in [4.69, 9.17) is 11.6 Å². The molecule has 1 saturated carbocycles. The van der Waals surface area contributed by atoms with Gasteiger partial charge < -0.3 is 15.3 Å². The number of aromatic nitrogens is 1. The van der Waals surface area contributed by atoms with Crippen LogP contribution >= 0.6 is 11.6 Å². The molecule has 4 rings (SSSR count). The van der Waals surface area contributed by atoms with Crippen LogP contribution in [0, 0.1) is 0 Å². The molecular weight excluding hydrogens is 458 g/mol. The van der Waals surface area contributed by atoms with Crippen LogP contribution in [0.15, 0.2) is 36.5 Å². The summed E-state index contributed by atoms with van der Waals surface area (Å²) >= 11 is 6.32. The number of hydrogen-bond acceptors (Lipinski definition) is 5. The number of halogens is 1. The topological polar surface area (TPSA) is 65.5 Å². The number of nitrogens with one attached hydrogen (secondary N) is 1. The third-order valence-corrected chi connectivity index (χ3v) is 7.77. The van der Waals surface area contributed by atoms with Gasteiger partial charge in [-0.2, -0.15) is 0 Å². The molecule has 0 amide bonds. The molecule has 2 aromatic carbocycles. The standard InChI is InChI=1S/C29H36ClN3O2/c1-5-19-14-21(16-26(30)29(19)35)20-8-13-27-24(15-20)28(25(17-31-27)18(4)34)32-22-9-11-23(12-10-22)33(6-2)7-3/h8,13-17,22-23,35H,5-7,9-12H2,1-4H3,(H,31,32).